The number of amidine groups is 1. The van der Waals surface area contributed by atoms with Crippen molar-refractivity contribution in [2.24, 2.45) is 10.8 Å². The highest BCUT2D eigenvalue weighted by Gasteiger charge is 2.12. The van der Waals surface area contributed by atoms with Crippen molar-refractivity contribution in [3.63, 3.8) is 0 Å². The second-order valence-electron chi connectivity index (χ2n) is 1.70. The molecule has 0 saturated heterocycles. The second kappa shape index (κ2) is 3.29. The van der Waals surface area contributed by atoms with Gasteiger partial charge in [-0.1, -0.05) is 11.8 Å². The number of methoxy groups -OCH3 is 1. The fourth-order valence-corrected chi connectivity index (χ4v) is 0.977. The molecular weight excluding hydrogens is 166 g/mol. The first-order chi connectivity index (χ1) is 5.24. The van der Waals surface area contributed by atoms with Gasteiger partial charge in [0.2, 0.25) is 0 Å². The van der Waals surface area contributed by atoms with Crippen molar-refractivity contribution in [1.29, 1.82) is 0 Å². The highest BCUT2D eigenvalue weighted by molar-refractivity contribution is 8.16. The maximum absolute atomic E-state index is 10.8. The predicted octanol–water partition coefficient (Wildman–Crippen LogP) is -0.433. The second-order valence-corrected chi connectivity index (χ2v) is 2.59. The van der Waals surface area contributed by atoms with Crippen molar-refractivity contribution in [3.05, 3.63) is 11.1 Å². The molecule has 11 heavy (non-hydrogen) atoms. The molecule has 0 saturated carbocycles. The molecule has 0 unspecified atom stereocenters. The van der Waals surface area contributed by atoms with Crippen LogP contribution in [0.4, 0.5) is 0 Å². The molecule has 5 nitrogen and oxygen atoms in total. The quantitative estimate of drug-likeness (QED) is 0.526. The maximum Gasteiger partial charge on any atom is 0.356 e. The van der Waals surface area contributed by atoms with Crippen molar-refractivity contribution < 1.29 is 9.53 Å². The van der Waals surface area contributed by atoms with Crippen LogP contribution in [0, 0.1) is 0 Å². The van der Waals surface area contributed by atoms with E-state index in [1.807, 2.05) is 0 Å². The van der Waals surface area contributed by atoms with Crippen LogP contribution in [-0.2, 0) is 9.53 Å². The average Bonchev–Trinajstić information content (AvgIpc) is 2.05. The number of hydrazone groups is 1. The van der Waals surface area contributed by atoms with Crippen molar-refractivity contribution in [2.45, 2.75) is 0 Å². The monoisotopic (exact) mass is 173 g/mol. The molecule has 0 radical (unpaired) electrons. The van der Waals surface area contributed by atoms with Gasteiger partial charge in [-0.2, -0.15) is 0 Å². The van der Waals surface area contributed by atoms with Crippen molar-refractivity contribution in [3.8, 4) is 0 Å². The van der Waals surface area contributed by atoms with E-state index in [1.54, 1.807) is 5.41 Å². The van der Waals surface area contributed by atoms with E-state index in [0.717, 1.165) is 0 Å². The van der Waals surface area contributed by atoms with E-state index in [4.69, 9.17) is 5.73 Å². The normalized spacial score (nSPS) is 16.1. The van der Waals surface area contributed by atoms with E-state index >= 15 is 0 Å². The Balaban J connectivity index is 2.58. The molecule has 6 heteroatoms. The van der Waals surface area contributed by atoms with Crippen LogP contribution in [0.5, 0.6) is 0 Å². The lowest BCUT2D eigenvalue weighted by atomic mass is 10.5. The molecule has 0 spiro atoms. The Kier molecular flexibility index (Phi) is 2.37. The molecule has 0 amide bonds. The third-order valence-electron chi connectivity index (χ3n) is 0.989. The zero-order valence-electron chi connectivity index (χ0n) is 5.83. The number of rotatable bonds is 1. The summed E-state index contributed by atoms with van der Waals surface area (Å²) in [7, 11) is 1.30. The molecule has 60 valence electrons. The molecule has 0 aromatic heterocycles. The summed E-state index contributed by atoms with van der Waals surface area (Å²) in [5, 5.41) is 5.54. The molecule has 0 aromatic rings. The van der Waals surface area contributed by atoms with E-state index in [1.165, 1.54) is 18.9 Å². The van der Waals surface area contributed by atoms with E-state index in [2.05, 4.69) is 15.3 Å². The molecule has 0 atom stereocenters. The maximum atomic E-state index is 10.8. The fourth-order valence-electron chi connectivity index (χ4n) is 0.491. The van der Waals surface area contributed by atoms with Gasteiger partial charge in [0.15, 0.2) is 5.17 Å². The van der Waals surface area contributed by atoms with Crippen LogP contribution >= 0.6 is 11.8 Å². The number of thioether (sulfide) groups is 1. The summed E-state index contributed by atoms with van der Waals surface area (Å²) in [5.41, 5.74) is 8.04. The average molecular weight is 173 g/mol. The zero-order valence-corrected chi connectivity index (χ0v) is 6.64. The van der Waals surface area contributed by atoms with E-state index in [9.17, 15) is 4.79 Å². The summed E-state index contributed by atoms with van der Waals surface area (Å²) in [5.74, 6) is -0.450. The smallest absolute Gasteiger partial charge is 0.356 e. The van der Waals surface area contributed by atoms with E-state index in [0.29, 0.717) is 10.9 Å². The molecule has 0 fully saturated rings. The minimum atomic E-state index is -0.450. The molecule has 0 bridgehead atoms. The molecule has 1 aliphatic heterocycles. The van der Waals surface area contributed by atoms with Gasteiger partial charge in [-0.05, 0) is 0 Å². The molecule has 3 N–H and O–H groups in total. The van der Waals surface area contributed by atoms with Gasteiger partial charge in [0.1, 0.15) is 5.70 Å². The number of nitrogens with zero attached hydrogens (tertiary/aromatic N) is 1. The van der Waals surface area contributed by atoms with Gasteiger partial charge in [0, 0.05) is 5.41 Å². The standard InChI is InChI=1S/C5H7N3O2S/c1-10-4(9)3-2-11-5(6)8-7-3/h2,7H,1H3,(H2,6,8). The van der Waals surface area contributed by atoms with Gasteiger partial charge >= 0.3 is 5.97 Å². The van der Waals surface area contributed by atoms with Crippen LogP contribution in [0.3, 0.4) is 0 Å². The number of ether oxygens (including phenoxy) is 1. The summed E-state index contributed by atoms with van der Waals surface area (Å²) in [6.07, 6.45) is 0. The number of hydrogen-bond donors (Lipinski definition) is 2. The molecule has 0 aromatic carbocycles. The first-order valence-corrected chi connectivity index (χ1v) is 3.66. The Bertz CT molecular complexity index is 236. The van der Waals surface area contributed by atoms with Gasteiger partial charge in [-0.15, -0.1) is 5.10 Å². The number of esters is 1. The Labute approximate surface area is 67.7 Å². The minimum Gasteiger partial charge on any atom is -0.464 e. The molecule has 1 aliphatic rings. The van der Waals surface area contributed by atoms with Gasteiger partial charge in [-0.3, -0.25) is 5.43 Å². The predicted molar refractivity (Wildman–Crippen MR) is 42.4 cm³/mol. The largest absolute Gasteiger partial charge is 0.464 e. The first-order valence-electron chi connectivity index (χ1n) is 2.78. The van der Waals surface area contributed by atoms with Crippen molar-refractivity contribution in [1.82, 2.24) is 5.43 Å². The highest BCUT2D eigenvalue weighted by Crippen LogP contribution is 2.10. The summed E-state index contributed by atoms with van der Waals surface area (Å²) < 4.78 is 4.43. The summed E-state index contributed by atoms with van der Waals surface area (Å²) >= 11 is 1.17. The van der Waals surface area contributed by atoms with E-state index < -0.39 is 5.97 Å². The number of hydrogen-bond acceptors (Lipinski definition) is 6. The van der Waals surface area contributed by atoms with Crippen LogP contribution in [0.25, 0.3) is 0 Å². The highest BCUT2D eigenvalue weighted by atomic mass is 32.2. The first kappa shape index (κ1) is 7.93. The van der Waals surface area contributed by atoms with Gasteiger partial charge in [0.05, 0.1) is 7.11 Å². The number of carbonyl (C=O) groups is 1. The Morgan fingerprint density at radius 2 is 2.64 bits per heavy atom. The van der Waals surface area contributed by atoms with E-state index in [-0.39, 0.29) is 0 Å². The third kappa shape index (κ3) is 1.87. The van der Waals surface area contributed by atoms with Gasteiger partial charge in [-0.25, -0.2) is 4.79 Å². The number of nitrogens with two attached hydrogens (primary N) is 1. The van der Waals surface area contributed by atoms with Crippen LogP contribution in [-0.4, -0.2) is 18.2 Å². The van der Waals surface area contributed by atoms with Crippen molar-refractivity contribution >= 4 is 22.9 Å². The lowest BCUT2D eigenvalue weighted by Crippen LogP contribution is -2.23. The Morgan fingerprint density at radius 3 is 3.09 bits per heavy atom. The molecule has 1 heterocycles. The van der Waals surface area contributed by atoms with Gasteiger partial charge < -0.3 is 10.5 Å². The lowest BCUT2D eigenvalue weighted by Gasteiger charge is -2.08. The lowest BCUT2D eigenvalue weighted by molar-refractivity contribution is -0.136. The summed E-state index contributed by atoms with van der Waals surface area (Å²) in [6, 6.07) is 0. The fraction of sp³-hybridized carbons (Fsp3) is 0.200. The third-order valence-corrected chi connectivity index (χ3v) is 1.68. The molecule has 1 rings (SSSR count). The SMILES string of the molecule is COC(=O)C1=CSC(N)=NN1. The minimum absolute atomic E-state index is 0.298. The summed E-state index contributed by atoms with van der Waals surface area (Å²) in [4.78, 5) is 10.8. The van der Waals surface area contributed by atoms with Crippen LogP contribution in [0.1, 0.15) is 0 Å². The topological polar surface area (TPSA) is 76.7 Å². The summed E-state index contributed by atoms with van der Waals surface area (Å²) in [6.45, 7) is 0. The number of nitrogens with one attached hydrogen (secondary N) is 1. The Hall–Kier alpha value is -1.17. The Morgan fingerprint density at radius 1 is 1.91 bits per heavy atom. The molecule has 0 aliphatic carbocycles. The number of carbonyl (C=O) groups excluding carboxylic acids is 1. The van der Waals surface area contributed by atoms with Gasteiger partial charge in [0.25, 0.3) is 0 Å². The zero-order chi connectivity index (χ0) is 8.27. The molecular formula is C5H7N3O2S. The van der Waals surface area contributed by atoms with Crippen LogP contribution in [0.2, 0.25) is 0 Å². The van der Waals surface area contributed by atoms with Crippen LogP contribution in [0.15, 0.2) is 16.2 Å². The van der Waals surface area contributed by atoms with Crippen LogP contribution < -0.4 is 11.2 Å². The van der Waals surface area contributed by atoms with Crippen molar-refractivity contribution in [2.75, 3.05) is 7.11 Å².